The molecule has 0 unspecified atom stereocenters. The van der Waals surface area contributed by atoms with Gasteiger partial charge < -0.3 is 19.7 Å². The second-order valence-electron chi connectivity index (χ2n) is 7.01. The van der Waals surface area contributed by atoms with Crippen LogP contribution in [0.25, 0.3) is 32.6 Å². The Balaban J connectivity index is 1.70. The van der Waals surface area contributed by atoms with Crippen LogP contribution in [-0.2, 0) is 14.8 Å². The van der Waals surface area contributed by atoms with Crippen molar-refractivity contribution in [3.8, 4) is 11.4 Å². The number of rotatable bonds is 6. The van der Waals surface area contributed by atoms with Gasteiger partial charge in [0.05, 0.1) is 24.5 Å². The van der Waals surface area contributed by atoms with Crippen molar-refractivity contribution in [3.63, 3.8) is 0 Å². The van der Waals surface area contributed by atoms with Crippen LogP contribution in [0.4, 0.5) is 5.82 Å². The van der Waals surface area contributed by atoms with E-state index in [1.165, 1.54) is 11.3 Å². The minimum absolute atomic E-state index is 0.0674. The van der Waals surface area contributed by atoms with Gasteiger partial charge >= 0.3 is 0 Å². The molecule has 0 saturated carbocycles. The number of aliphatic hydroxyl groups excluding tert-OH is 1. The molecule has 162 valence electrons. The molecule has 0 spiro atoms. The van der Waals surface area contributed by atoms with Crippen LogP contribution in [0.2, 0.25) is 0 Å². The normalized spacial score (nSPS) is 15.2. The number of sulfonamides is 1. The molecule has 0 bridgehead atoms. The first kappa shape index (κ1) is 20.3. The van der Waals surface area contributed by atoms with Crippen LogP contribution in [0.5, 0.6) is 0 Å². The summed E-state index contributed by atoms with van der Waals surface area (Å²) in [5, 5.41) is 11.5. The zero-order valence-corrected chi connectivity index (χ0v) is 18.0. The Morgan fingerprint density at radius 1 is 1.29 bits per heavy atom. The Hall–Kier alpha value is -2.64. The number of hydrogen-bond donors (Lipinski definition) is 3. The monoisotopic (exact) mass is 460 g/mol. The van der Waals surface area contributed by atoms with E-state index in [0.29, 0.717) is 53.7 Å². The molecule has 3 N–H and O–H groups in total. The van der Waals surface area contributed by atoms with Gasteiger partial charge in [-0.05, 0) is 12.1 Å². The highest BCUT2D eigenvalue weighted by Gasteiger charge is 2.26. The molecule has 1 saturated heterocycles. The summed E-state index contributed by atoms with van der Waals surface area (Å²) in [6.45, 7) is 2.11. The lowest BCUT2D eigenvalue weighted by Gasteiger charge is -2.28. The van der Waals surface area contributed by atoms with Crippen molar-refractivity contribution in [2.75, 3.05) is 44.4 Å². The van der Waals surface area contributed by atoms with Crippen molar-refractivity contribution >= 4 is 48.4 Å². The lowest BCUT2D eigenvalue weighted by atomic mass is 10.2. The molecule has 10 nitrogen and oxygen atoms in total. The van der Waals surface area contributed by atoms with Crippen LogP contribution in [0.1, 0.15) is 0 Å². The first-order chi connectivity index (χ1) is 15.1. The summed E-state index contributed by atoms with van der Waals surface area (Å²) in [6, 6.07) is 3.83. The topological polar surface area (TPSA) is 133 Å². The third kappa shape index (κ3) is 3.77. The molecule has 5 heterocycles. The fourth-order valence-electron chi connectivity index (χ4n) is 3.51. The molecule has 0 atom stereocenters. The molecule has 1 aliphatic heterocycles. The predicted octanol–water partition coefficient (Wildman–Crippen LogP) is 1.34. The van der Waals surface area contributed by atoms with Gasteiger partial charge in [0.1, 0.15) is 16.1 Å². The van der Waals surface area contributed by atoms with Crippen LogP contribution < -0.4 is 9.62 Å². The van der Waals surface area contributed by atoms with Gasteiger partial charge in [-0.1, -0.05) is 0 Å². The average molecular weight is 461 g/mol. The van der Waals surface area contributed by atoms with E-state index in [9.17, 15) is 8.42 Å². The summed E-state index contributed by atoms with van der Waals surface area (Å²) in [5.74, 6) is 1.09. The highest BCUT2D eigenvalue weighted by Crippen LogP contribution is 2.36. The van der Waals surface area contributed by atoms with Crippen LogP contribution in [0, 0.1) is 0 Å². The number of thiophene rings is 1. The number of nitrogens with zero attached hydrogens (tertiary/aromatic N) is 4. The molecule has 5 rings (SSSR count). The molecule has 0 radical (unpaired) electrons. The van der Waals surface area contributed by atoms with Gasteiger partial charge in [-0.25, -0.2) is 28.1 Å². The summed E-state index contributed by atoms with van der Waals surface area (Å²) in [4.78, 5) is 19.1. The fraction of sp³-hybridized carbons (Fsp3) is 0.316. The second kappa shape index (κ2) is 8.13. The maximum absolute atomic E-state index is 12.8. The van der Waals surface area contributed by atoms with Crippen molar-refractivity contribution in [2.24, 2.45) is 0 Å². The molecule has 0 aliphatic carbocycles. The molecule has 1 fully saturated rings. The number of ether oxygens (including phenoxy) is 1. The zero-order chi connectivity index (χ0) is 21.4. The van der Waals surface area contributed by atoms with Crippen LogP contribution in [-0.4, -0.2) is 72.9 Å². The maximum atomic E-state index is 12.8. The van der Waals surface area contributed by atoms with E-state index in [2.05, 4.69) is 24.6 Å². The second-order valence-corrected chi connectivity index (χ2v) is 9.62. The number of hydrogen-bond acceptors (Lipinski definition) is 9. The fourth-order valence-corrected chi connectivity index (χ4v) is 6.03. The standard InChI is InChI=1S/C19H20N6O4S2/c26-6-3-22-31(27,28)14-11-30-16-15(14)23-18(24-19(16)25-4-7-29-8-5-25)13-9-12-1-2-20-17(12)21-10-13/h1-2,9-11,22,26H,3-8H2,(H,20,21). The van der Waals surface area contributed by atoms with Crippen molar-refractivity contribution in [1.82, 2.24) is 24.7 Å². The van der Waals surface area contributed by atoms with Crippen molar-refractivity contribution < 1.29 is 18.3 Å². The number of nitrogens with one attached hydrogen (secondary N) is 2. The molecular weight excluding hydrogens is 440 g/mol. The minimum atomic E-state index is -3.83. The molecule has 0 aromatic carbocycles. The highest BCUT2D eigenvalue weighted by molar-refractivity contribution is 7.90. The van der Waals surface area contributed by atoms with Crippen molar-refractivity contribution in [1.29, 1.82) is 0 Å². The Labute approximate surface area is 182 Å². The summed E-state index contributed by atoms with van der Waals surface area (Å²) in [7, 11) is -3.83. The maximum Gasteiger partial charge on any atom is 0.243 e. The lowest BCUT2D eigenvalue weighted by molar-refractivity contribution is 0.122. The van der Waals surface area contributed by atoms with Crippen LogP contribution >= 0.6 is 11.3 Å². The SMILES string of the molecule is O=S(=O)(NCCO)c1csc2c(N3CCOCC3)nc(-c3cnc4[nH]ccc4c3)nc12. The number of H-pyrrole nitrogens is 1. The number of aliphatic hydroxyl groups is 1. The average Bonchev–Trinajstić information content (AvgIpc) is 3.44. The van der Waals surface area contributed by atoms with Gasteiger partial charge in [0.25, 0.3) is 0 Å². The smallest absolute Gasteiger partial charge is 0.243 e. The summed E-state index contributed by atoms with van der Waals surface area (Å²) in [6.07, 6.45) is 3.48. The first-order valence-corrected chi connectivity index (χ1v) is 12.1. The Morgan fingerprint density at radius 3 is 2.94 bits per heavy atom. The van der Waals surface area contributed by atoms with Gasteiger partial charge in [-0.2, -0.15) is 0 Å². The van der Waals surface area contributed by atoms with Gasteiger partial charge in [0.15, 0.2) is 11.6 Å². The number of aromatic nitrogens is 4. The van der Waals surface area contributed by atoms with E-state index in [0.717, 1.165) is 11.0 Å². The molecular formula is C19H20N6O4S2. The van der Waals surface area contributed by atoms with E-state index in [-0.39, 0.29) is 18.0 Å². The number of anilines is 1. The van der Waals surface area contributed by atoms with Gasteiger partial charge in [-0.3, -0.25) is 0 Å². The lowest BCUT2D eigenvalue weighted by Crippen LogP contribution is -2.37. The Bertz CT molecular complexity index is 1340. The largest absolute Gasteiger partial charge is 0.395 e. The summed E-state index contributed by atoms with van der Waals surface area (Å²) >= 11 is 1.29. The minimum Gasteiger partial charge on any atom is -0.395 e. The van der Waals surface area contributed by atoms with Gasteiger partial charge in [-0.15, -0.1) is 11.3 Å². The van der Waals surface area contributed by atoms with Gasteiger partial charge in [0, 0.05) is 48.4 Å². The van der Waals surface area contributed by atoms with E-state index in [4.69, 9.17) is 14.8 Å². The molecule has 0 amide bonds. The van der Waals surface area contributed by atoms with Crippen molar-refractivity contribution in [3.05, 3.63) is 29.9 Å². The number of fused-ring (bicyclic) bond motifs is 2. The Morgan fingerprint density at radius 2 is 2.13 bits per heavy atom. The zero-order valence-electron chi connectivity index (χ0n) is 16.4. The summed E-state index contributed by atoms with van der Waals surface area (Å²) < 4.78 is 34.2. The quantitative estimate of drug-likeness (QED) is 0.393. The van der Waals surface area contributed by atoms with E-state index >= 15 is 0 Å². The number of aromatic amines is 1. The van der Waals surface area contributed by atoms with E-state index in [1.54, 1.807) is 17.8 Å². The van der Waals surface area contributed by atoms with Crippen LogP contribution in [0.15, 0.2) is 34.8 Å². The third-order valence-corrected chi connectivity index (χ3v) is 7.62. The number of pyridine rings is 1. The Kier molecular flexibility index (Phi) is 5.32. The first-order valence-electron chi connectivity index (χ1n) is 9.73. The van der Waals surface area contributed by atoms with E-state index in [1.807, 2.05) is 12.1 Å². The molecule has 4 aromatic rings. The highest BCUT2D eigenvalue weighted by atomic mass is 32.2. The summed E-state index contributed by atoms with van der Waals surface area (Å²) in [5.41, 5.74) is 1.81. The molecule has 4 aromatic heterocycles. The van der Waals surface area contributed by atoms with Crippen molar-refractivity contribution in [2.45, 2.75) is 4.90 Å². The molecule has 12 heteroatoms. The van der Waals surface area contributed by atoms with Crippen LogP contribution in [0.3, 0.4) is 0 Å². The number of morpholine rings is 1. The molecule has 1 aliphatic rings. The predicted molar refractivity (Wildman–Crippen MR) is 118 cm³/mol. The molecule has 31 heavy (non-hydrogen) atoms. The third-order valence-electron chi connectivity index (χ3n) is 5.03. The van der Waals surface area contributed by atoms with Gasteiger partial charge in [0.2, 0.25) is 10.0 Å². The van der Waals surface area contributed by atoms with E-state index < -0.39 is 10.0 Å².